The highest BCUT2D eigenvalue weighted by Crippen LogP contribution is 2.29. The zero-order valence-corrected chi connectivity index (χ0v) is 18.7. The topological polar surface area (TPSA) is 112 Å². The van der Waals surface area contributed by atoms with E-state index in [1.54, 1.807) is 36.1 Å². The predicted molar refractivity (Wildman–Crippen MR) is 118 cm³/mol. The maximum Gasteiger partial charge on any atom is 0.340 e. The molecule has 10 heteroatoms. The Labute approximate surface area is 195 Å². The Morgan fingerprint density at radius 3 is 2.26 bits per heavy atom. The van der Waals surface area contributed by atoms with Crippen molar-refractivity contribution in [3.63, 3.8) is 0 Å². The van der Waals surface area contributed by atoms with Crippen molar-refractivity contribution in [3.8, 4) is 11.5 Å². The third-order valence-corrected chi connectivity index (χ3v) is 5.40. The minimum Gasteiger partial charge on any atom is -0.490 e. The molecule has 0 bridgehead atoms. The van der Waals surface area contributed by atoms with E-state index in [0.717, 1.165) is 4.90 Å². The lowest BCUT2D eigenvalue weighted by Crippen LogP contribution is -2.43. The van der Waals surface area contributed by atoms with Crippen molar-refractivity contribution >= 4 is 23.7 Å². The standard InChI is InChI=1S/C24H24N2O8/c1-2-32-20-13-16(7-8-19(20)33-14-21(27)25-9-11-31-12-10-25)24(30)34-15-26-22(28)17-5-3-4-6-18(17)23(26)29/h3-8,13H,2,9-12,14-15H2,1H3. The van der Waals surface area contributed by atoms with Crippen LogP contribution in [-0.4, -0.2) is 79.7 Å². The van der Waals surface area contributed by atoms with Crippen LogP contribution < -0.4 is 9.47 Å². The summed E-state index contributed by atoms with van der Waals surface area (Å²) in [6.07, 6.45) is 0. The molecule has 3 amide bonds. The largest absolute Gasteiger partial charge is 0.490 e. The fourth-order valence-electron chi connectivity index (χ4n) is 3.63. The second kappa shape index (κ2) is 10.3. The quantitative estimate of drug-likeness (QED) is 0.425. The van der Waals surface area contributed by atoms with Gasteiger partial charge in [0.15, 0.2) is 24.8 Å². The average molecular weight is 468 g/mol. The van der Waals surface area contributed by atoms with Crippen LogP contribution in [-0.2, 0) is 14.3 Å². The van der Waals surface area contributed by atoms with Crippen molar-refractivity contribution < 1.29 is 38.1 Å². The molecule has 0 spiro atoms. The maximum atomic E-state index is 12.6. The summed E-state index contributed by atoms with van der Waals surface area (Å²) in [5.41, 5.74) is 0.692. The van der Waals surface area contributed by atoms with Crippen LogP contribution in [0.4, 0.5) is 0 Å². The smallest absolute Gasteiger partial charge is 0.340 e. The second-order valence-electron chi connectivity index (χ2n) is 7.52. The number of imide groups is 1. The first-order chi connectivity index (χ1) is 16.5. The lowest BCUT2D eigenvalue weighted by atomic mass is 10.1. The minimum absolute atomic E-state index is 0.145. The molecule has 0 aliphatic carbocycles. The molecule has 2 aromatic carbocycles. The predicted octanol–water partition coefficient (Wildman–Crippen LogP) is 1.73. The van der Waals surface area contributed by atoms with Crippen molar-refractivity contribution in [2.24, 2.45) is 0 Å². The molecular formula is C24H24N2O8. The van der Waals surface area contributed by atoms with E-state index in [1.165, 1.54) is 18.2 Å². The number of benzene rings is 2. The first-order valence-electron chi connectivity index (χ1n) is 10.9. The summed E-state index contributed by atoms with van der Waals surface area (Å²) in [6, 6.07) is 10.8. The minimum atomic E-state index is -0.742. The van der Waals surface area contributed by atoms with E-state index in [0.29, 0.717) is 38.7 Å². The van der Waals surface area contributed by atoms with Gasteiger partial charge in [0, 0.05) is 13.1 Å². The van der Waals surface area contributed by atoms with Crippen LogP contribution in [0.5, 0.6) is 11.5 Å². The molecule has 0 aromatic heterocycles. The zero-order valence-electron chi connectivity index (χ0n) is 18.7. The molecule has 1 saturated heterocycles. The molecule has 0 atom stereocenters. The maximum absolute atomic E-state index is 12.6. The zero-order chi connectivity index (χ0) is 24.1. The van der Waals surface area contributed by atoms with Crippen LogP contribution >= 0.6 is 0 Å². The van der Waals surface area contributed by atoms with Crippen molar-refractivity contribution in [2.45, 2.75) is 6.92 Å². The van der Waals surface area contributed by atoms with Gasteiger partial charge in [-0.3, -0.25) is 14.4 Å². The number of hydrogen-bond donors (Lipinski definition) is 0. The molecule has 0 radical (unpaired) electrons. The molecule has 2 aliphatic rings. The number of hydrogen-bond acceptors (Lipinski definition) is 8. The van der Waals surface area contributed by atoms with Gasteiger partial charge in [0.05, 0.1) is 36.5 Å². The second-order valence-corrected chi connectivity index (χ2v) is 7.52. The summed E-state index contributed by atoms with van der Waals surface area (Å²) < 4.78 is 21.7. The van der Waals surface area contributed by atoms with E-state index in [4.69, 9.17) is 18.9 Å². The fourth-order valence-corrected chi connectivity index (χ4v) is 3.63. The normalized spacial score (nSPS) is 15.2. The molecule has 2 aromatic rings. The lowest BCUT2D eigenvalue weighted by molar-refractivity contribution is -0.137. The number of morpholine rings is 1. The van der Waals surface area contributed by atoms with Gasteiger partial charge >= 0.3 is 5.97 Å². The third-order valence-electron chi connectivity index (χ3n) is 5.40. The highest BCUT2D eigenvalue weighted by molar-refractivity contribution is 6.21. The van der Waals surface area contributed by atoms with Crippen LogP contribution in [0.25, 0.3) is 0 Å². The van der Waals surface area contributed by atoms with Crippen molar-refractivity contribution in [3.05, 3.63) is 59.2 Å². The molecule has 0 saturated carbocycles. The molecule has 178 valence electrons. The van der Waals surface area contributed by atoms with E-state index >= 15 is 0 Å². The molecule has 0 N–H and O–H groups in total. The Bertz CT molecular complexity index is 1070. The number of nitrogens with zero attached hydrogens (tertiary/aromatic N) is 2. The highest BCUT2D eigenvalue weighted by atomic mass is 16.5. The van der Waals surface area contributed by atoms with Crippen molar-refractivity contribution in [1.29, 1.82) is 0 Å². The Morgan fingerprint density at radius 1 is 0.941 bits per heavy atom. The lowest BCUT2D eigenvalue weighted by Gasteiger charge is -2.26. The van der Waals surface area contributed by atoms with Crippen LogP contribution in [0.15, 0.2) is 42.5 Å². The number of esters is 1. The number of carbonyl (C=O) groups is 4. The fraction of sp³-hybridized carbons (Fsp3) is 0.333. The van der Waals surface area contributed by atoms with E-state index in [-0.39, 0.29) is 35.0 Å². The highest BCUT2D eigenvalue weighted by Gasteiger charge is 2.35. The Hall–Kier alpha value is -3.92. The molecule has 0 unspecified atom stereocenters. The van der Waals surface area contributed by atoms with Gasteiger partial charge in [-0.15, -0.1) is 0 Å². The Balaban J connectivity index is 1.38. The first-order valence-corrected chi connectivity index (χ1v) is 10.9. The van der Waals surface area contributed by atoms with Crippen molar-refractivity contribution in [1.82, 2.24) is 9.80 Å². The van der Waals surface area contributed by atoms with Gasteiger partial charge in [0.25, 0.3) is 17.7 Å². The van der Waals surface area contributed by atoms with Crippen LogP contribution in [0.3, 0.4) is 0 Å². The molecule has 4 rings (SSSR count). The summed E-state index contributed by atoms with van der Waals surface area (Å²) in [5.74, 6) is -1.37. The van der Waals surface area contributed by atoms with Crippen LogP contribution in [0.1, 0.15) is 38.0 Å². The Morgan fingerprint density at radius 2 is 1.62 bits per heavy atom. The van der Waals surface area contributed by atoms with Gasteiger partial charge in [-0.25, -0.2) is 9.69 Å². The third kappa shape index (κ3) is 4.86. The summed E-state index contributed by atoms with van der Waals surface area (Å²) in [7, 11) is 0. The SMILES string of the molecule is CCOc1cc(C(=O)OCN2C(=O)c3ccccc3C2=O)ccc1OCC(=O)N1CCOCC1. The van der Waals surface area contributed by atoms with Gasteiger partial charge in [-0.2, -0.15) is 0 Å². The molecule has 2 aliphatic heterocycles. The van der Waals surface area contributed by atoms with Crippen molar-refractivity contribution in [2.75, 3.05) is 46.2 Å². The number of fused-ring (bicyclic) bond motifs is 1. The van der Waals surface area contributed by atoms with E-state index < -0.39 is 24.5 Å². The van der Waals surface area contributed by atoms with Crippen LogP contribution in [0.2, 0.25) is 0 Å². The first kappa shape index (κ1) is 23.2. The van der Waals surface area contributed by atoms with E-state index in [1.807, 2.05) is 0 Å². The molecular weight excluding hydrogens is 444 g/mol. The van der Waals surface area contributed by atoms with Gasteiger partial charge in [-0.1, -0.05) is 12.1 Å². The number of carbonyl (C=O) groups excluding carboxylic acids is 4. The van der Waals surface area contributed by atoms with Gasteiger partial charge in [0.2, 0.25) is 0 Å². The molecule has 2 heterocycles. The summed E-state index contributed by atoms with van der Waals surface area (Å²) >= 11 is 0. The van der Waals surface area contributed by atoms with Crippen LogP contribution in [0, 0.1) is 0 Å². The molecule has 10 nitrogen and oxygen atoms in total. The molecule has 34 heavy (non-hydrogen) atoms. The van der Waals surface area contributed by atoms with Gasteiger partial charge in [0.1, 0.15) is 0 Å². The summed E-state index contributed by atoms with van der Waals surface area (Å²) in [4.78, 5) is 52.3. The summed E-state index contributed by atoms with van der Waals surface area (Å²) in [6.45, 7) is 3.40. The van der Waals surface area contributed by atoms with Gasteiger partial charge < -0.3 is 23.8 Å². The van der Waals surface area contributed by atoms with Gasteiger partial charge in [-0.05, 0) is 37.3 Å². The Kier molecular flexibility index (Phi) is 7.07. The van der Waals surface area contributed by atoms with E-state index in [2.05, 4.69) is 0 Å². The average Bonchev–Trinajstić information content (AvgIpc) is 3.11. The number of rotatable bonds is 8. The number of ether oxygens (including phenoxy) is 4. The van der Waals surface area contributed by atoms with E-state index in [9.17, 15) is 19.2 Å². The molecule has 1 fully saturated rings. The summed E-state index contributed by atoms with van der Waals surface area (Å²) in [5, 5.41) is 0. The monoisotopic (exact) mass is 468 g/mol. The number of amides is 3.